The molecule has 1 amide bonds. The van der Waals surface area contributed by atoms with E-state index in [2.05, 4.69) is 0 Å². The van der Waals surface area contributed by atoms with Gasteiger partial charge in [0, 0.05) is 6.54 Å². The van der Waals surface area contributed by atoms with E-state index >= 15 is 4.39 Å². The Hall–Kier alpha value is -2.93. The summed E-state index contributed by atoms with van der Waals surface area (Å²) in [5.74, 6) is -1.53. The molecule has 2 aromatic carbocycles. The molecule has 1 fully saturated rings. The lowest BCUT2D eigenvalue weighted by Gasteiger charge is -2.34. The number of nitrogens with zero attached hydrogens (tertiary/aromatic N) is 1. The summed E-state index contributed by atoms with van der Waals surface area (Å²) < 4.78 is 32.0. The molecule has 0 aliphatic carbocycles. The molecule has 166 valence electrons. The first kappa shape index (κ1) is 22.7. The van der Waals surface area contributed by atoms with Crippen LogP contribution in [0.1, 0.15) is 33.3 Å². The van der Waals surface area contributed by atoms with Gasteiger partial charge in [-0.25, -0.2) is 14.0 Å². The predicted molar refractivity (Wildman–Crippen MR) is 116 cm³/mol. The van der Waals surface area contributed by atoms with Crippen LogP contribution in [-0.2, 0) is 19.0 Å². The van der Waals surface area contributed by atoms with Crippen molar-refractivity contribution in [3.8, 4) is 0 Å². The highest BCUT2D eigenvalue weighted by Crippen LogP contribution is 2.32. The lowest BCUT2D eigenvalue weighted by atomic mass is 9.96. The Morgan fingerprint density at radius 3 is 2.58 bits per heavy atom. The van der Waals surface area contributed by atoms with Gasteiger partial charge in [-0.1, -0.05) is 42.5 Å². The van der Waals surface area contributed by atoms with Gasteiger partial charge in [0.2, 0.25) is 0 Å². The molecule has 0 radical (unpaired) electrons. The molecule has 0 spiro atoms. The zero-order chi connectivity index (χ0) is 22.6. The van der Waals surface area contributed by atoms with Crippen molar-refractivity contribution in [3.63, 3.8) is 0 Å². The summed E-state index contributed by atoms with van der Waals surface area (Å²) in [5.41, 5.74) is -0.431. The number of fused-ring (bicyclic) bond motifs is 1. The van der Waals surface area contributed by atoms with Gasteiger partial charge in [-0.15, -0.1) is 0 Å². The number of carbonyl (C=O) groups excluding carboxylic acids is 2. The third-order valence-electron chi connectivity index (χ3n) is 4.78. The van der Waals surface area contributed by atoms with E-state index in [0.717, 1.165) is 10.8 Å². The molecule has 1 saturated heterocycles. The molecule has 1 aliphatic heterocycles. The van der Waals surface area contributed by atoms with Crippen LogP contribution in [0.25, 0.3) is 16.3 Å². The fraction of sp³-hybridized carbons (Fsp3) is 0.417. The molecule has 0 bridgehead atoms. The second kappa shape index (κ2) is 9.47. The standard InChI is InChI=1S/C24H28FNO5/c1-5-29-22(27)20(18-12-8-10-16-9-6-7-11-17(16)18)21(25)19-15-26(13-14-30-19)23(28)31-24(2,3)4/h6-12,19H,5,13-15H2,1-4H3/b21-20+. The number of amides is 1. The topological polar surface area (TPSA) is 65.1 Å². The third kappa shape index (κ3) is 5.41. The van der Waals surface area contributed by atoms with E-state index in [9.17, 15) is 9.59 Å². The van der Waals surface area contributed by atoms with Gasteiger partial charge in [0.1, 0.15) is 23.1 Å². The van der Waals surface area contributed by atoms with E-state index < -0.39 is 29.6 Å². The van der Waals surface area contributed by atoms with Gasteiger partial charge in [0.05, 0.1) is 19.8 Å². The maximum Gasteiger partial charge on any atom is 0.410 e. The van der Waals surface area contributed by atoms with Crippen LogP contribution in [0.4, 0.5) is 9.18 Å². The second-order valence-corrected chi connectivity index (χ2v) is 8.26. The molecule has 0 aromatic heterocycles. The van der Waals surface area contributed by atoms with Gasteiger partial charge >= 0.3 is 12.1 Å². The molecule has 0 saturated carbocycles. The number of morpholine rings is 1. The fourth-order valence-corrected chi connectivity index (χ4v) is 3.44. The average Bonchev–Trinajstić information content (AvgIpc) is 2.73. The van der Waals surface area contributed by atoms with Crippen molar-refractivity contribution in [2.24, 2.45) is 0 Å². The number of benzene rings is 2. The molecule has 0 N–H and O–H groups in total. The highest BCUT2D eigenvalue weighted by molar-refractivity contribution is 6.21. The maximum absolute atomic E-state index is 15.8. The van der Waals surface area contributed by atoms with Crippen molar-refractivity contribution in [2.75, 3.05) is 26.3 Å². The molecule has 2 aromatic rings. The predicted octanol–water partition coefficient (Wildman–Crippen LogP) is 4.72. The van der Waals surface area contributed by atoms with Gasteiger partial charge in [-0.3, -0.25) is 0 Å². The lowest BCUT2D eigenvalue weighted by Crippen LogP contribution is -2.48. The third-order valence-corrected chi connectivity index (χ3v) is 4.78. The monoisotopic (exact) mass is 429 g/mol. The zero-order valence-electron chi connectivity index (χ0n) is 18.3. The molecule has 31 heavy (non-hydrogen) atoms. The first-order valence-electron chi connectivity index (χ1n) is 10.4. The van der Waals surface area contributed by atoms with Crippen LogP contribution >= 0.6 is 0 Å². The summed E-state index contributed by atoms with van der Waals surface area (Å²) in [5, 5.41) is 1.59. The van der Waals surface area contributed by atoms with Crippen molar-refractivity contribution < 1.29 is 28.2 Å². The summed E-state index contributed by atoms with van der Waals surface area (Å²) in [6.45, 7) is 7.42. The quantitative estimate of drug-likeness (QED) is 0.520. The first-order chi connectivity index (χ1) is 14.7. The van der Waals surface area contributed by atoms with E-state index in [0.29, 0.717) is 5.56 Å². The van der Waals surface area contributed by atoms with Crippen molar-refractivity contribution in [2.45, 2.75) is 39.4 Å². The number of hydrogen-bond acceptors (Lipinski definition) is 5. The Balaban J connectivity index is 2.00. The van der Waals surface area contributed by atoms with Crippen LogP contribution in [0, 0.1) is 0 Å². The fourth-order valence-electron chi connectivity index (χ4n) is 3.44. The Morgan fingerprint density at radius 2 is 1.87 bits per heavy atom. The summed E-state index contributed by atoms with van der Waals surface area (Å²) in [6, 6.07) is 12.8. The highest BCUT2D eigenvalue weighted by Gasteiger charge is 2.34. The van der Waals surface area contributed by atoms with Gasteiger partial charge < -0.3 is 19.1 Å². The van der Waals surface area contributed by atoms with Crippen LogP contribution in [0.3, 0.4) is 0 Å². The Kier molecular flexibility index (Phi) is 6.95. The number of ether oxygens (including phenoxy) is 3. The number of halogens is 1. The number of rotatable bonds is 4. The summed E-state index contributed by atoms with van der Waals surface area (Å²) in [4.78, 5) is 26.6. The lowest BCUT2D eigenvalue weighted by molar-refractivity contribution is -0.136. The van der Waals surface area contributed by atoms with Gasteiger partial charge in [-0.2, -0.15) is 0 Å². The summed E-state index contributed by atoms with van der Waals surface area (Å²) in [6.07, 6.45) is -1.64. The van der Waals surface area contributed by atoms with Gasteiger partial charge in [-0.05, 0) is 44.0 Å². The molecule has 1 aliphatic rings. The molecule has 7 heteroatoms. The van der Waals surface area contributed by atoms with Gasteiger partial charge in [0.25, 0.3) is 0 Å². The molecule has 1 heterocycles. The zero-order valence-corrected chi connectivity index (χ0v) is 18.3. The van der Waals surface area contributed by atoms with Crippen LogP contribution in [0.2, 0.25) is 0 Å². The van der Waals surface area contributed by atoms with Crippen LogP contribution < -0.4 is 0 Å². The molecular formula is C24H28FNO5. The van der Waals surface area contributed by atoms with E-state index in [1.807, 2.05) is 30.3 Å². The number of esters is 1. The largest absolute Gasteiger partial charge is 0.462 e. The Morgan fingerprint density at radius 1 is 1.16 bits per heavy atom. The Labute approximate surface area is 181 Å². The molecule has 6 nitrogen and oxygen atoms in total. The SMILES string of the molecule is CCOC(=O)/C(=C(/F)C1CN(C(=O)OC(C)(C)C)CCO1)c1cccc2ccccc12. The van der Waals surface area contributed by atoms with Crippen molar-refractivity contribution in [1.29, 1.82) is 0 Å². The van der Waals surface area contributed by atoms with E-state index in [1.165, 1.54) is 4.90 Å². The minimum atomic E-state index is -1.10. The maximum atomic E-state index is 15.8. The van der Waals surface area contributed by atoms with Crippen molar-refractivity contribution in [1.82, 2.24) is 4.90 Å². The van der Waals surface area contributed by atoms with E-state index in [1.54, 1.807) is 39.8 Å². The second-order valence-electron chi connectivity index (χ2n) is 8.26. The Bertz CT molecular complexity index is 990. The van der Waals surface area contributed by atoms with Crippen molar-refractivity contribution >= 4 is 28.4 Å². The van der Waals surface area contributed by atoms with Crippen LogP contribution in [-0.4, -0.2) is 55.0 Å². The van der Waals surface area contributed by atoms with E-state index in [-0.39, 0.29) is 31.9 Å². The molecule has 1 unspecified atom stereocenters. The summed E-state index contributed by atoms with van der Waals surface area (Å²) in [7, 11) is 0. The first-order valence-corrected chi connectivity index (χ1v) is 10.4. The minimum Gasteiger partial charge on any atom is -0.462 e. The smallest absolute Gasteiger partial charge is 0.410 e. The van der Waals surface area contributed by atoms with Gasteiger partial charge in [0.15, 0.2) is 0 Å². The van der Waals surface area contributed by atoms with Crippen LogP contribution in [0.5, 0.6) is 0 Å². The minimum absolute atomic E-state index is 0.0611. The number of hydrogen-bond donors (Lipinski definition) is 0. The van der Waals surface area contributed by atoms with Crippen LogP contribution in [0.15, 0.2) is 48.3 Å². The molecule has 1 atom stereocenters. The molecule has 3 rings (SSSR count). The van der Waals surface area contributed by atoms with E-state index in [4.69, 9.17) is 14.2 Å². The highest BCUT2D eigenvalue weighted by atomic mass is 19.1. The molecular weight excluding hydrogens is 401 g/mol. The van der Waals surface area contributed by atoms with Crippen molar-refractivity contribution in [3.05, 3.63) is 53.9 Å². The number of carbonyl (C=O) groups is 2. The normalized spacial score (nSPS) is 17.8. The average molecular weight is 429 g/mol. The summed E-state index contributed by atoms with van der Waals surface area (Å²) >= 11 is 0.